The van der Waals surface area contributed by atoms with Gasteiger partial charge < -0.3 is 5.32 Å². The summed E-state index contributed by atoms with van der Waals surface area (Å²) in [5.41, 5.74) is 0.647. The van der Waals surface area contributed by atoms with Crippen molar-refractivity contribution in [3.63, 3.8) is 0 Å². The highest BCUT2D eigenvalue weighted by Crippen LogP contribution is 2.19. The third-order valence-corrected chi connectivity index (χ3v) is 6.48. The predicted octanol–water partition coefficient (Wildman–Crippen LogP) is 2.61. The van der Waals surface area contributed by atoms with Crippen LogP contribution in [0.1, 0.15) is 0 Å². The number of benzene rings is 1. The quantitative estimate of drug-likeness (QED) is 0.733. The summed E-state index contributed by atoms with van der Waals surface area (Å²) in [6.07, 6.45) is 0. The normalized spacial score (nSPS) is 11.6. The number of sulfonamides is 1. The van der Waals surface area contributed by atoms with E-state index in [0.29, 0.717) is 5.69 Å². The fourth-order valence-electron chi connectivity index (χ4n) is 1.62. The van der Waals surface area contributed by atoms with Crippen molar-refractivity contribution >= 4 is 55.5 Å². The first-order valence-corrected chi connectivity index (χ1v) is 9.35. The van der Waals surface area contributed by atoms with Gasteiger partial charge in [0.15, 0.2) is 0 Å². The molecule has 0 atom stereocenters. The number of carbonyl (C=O) groups is 1. The predicted molar refractivity (Wildman–Crippen MR) is 91.9 cm³/mol. The van der Waals surface area contributed by atoms with Gasteiger partial charge in [-0.1, -0.05) is 12.1 Å². The summed E-state index contributed by atoms with van der Waals surface area (Å²) in [5.74, 6) is -0.375. The SMILES string of the molecule is CN(CC(=O)Nc1cccc(I)c1)S(=O)(=O)c1cccs1. The monoisotopic (exact) mass is 436 g/mol. The summed E-state index contributed by atoms with van der Waals surface area (Å²) in [6, 6.07) is 10.5. The molecule has 0 aliphatic heterocycles. The van der Waals surface area contributed by atoms with Gasteiger partial charge in [-0.2, -0.15) is 4.31 Å². The molecule has 1 amide bonds. The molecule has 0 saturated heterocycles. The molecule has 0 aliphatic carbocycles. The average Bonchev–Trinajstić information content (AvgIpc) is 2.92. The van der Waals surface area contributed by atoms with Crippen molar-refractivity contribution in [3.05, 3.63) is 45.3 Å². The van der Waals surface area contributed by atoms with Crippen molar-refractivity contribution < 1.29 is 13.2 Å². The van der Waals surface area contributed by atoms with Crippen molar-refractivity contribution in [1.82, 2.24) is 4.31 Å². The van der Waals surface area contributed by atoms with E-state index in [2.05, 4.69) is 27.9 Å². The van der Waals surface area contributed by atoms with E-state index in [1.165, 1.54) is 13.1 Å². The zero-order valence-corrected chi connectivity index (χ0v) is 14.9. The van der Waals surface area contributed by atoms with E-state index in [1.807, 2.05) is 18.2 Å². The van der Waals surface area contributed by atoms with Gasteiger partial charge in [0.05, 0.1) is 6.54 Å². The number of hydrogen-bond donors (Lipinski definition) is 1. The molecular weight excluding hydrogens is 423 g/mol. The average molecular weight is 436 g/mol. The van der Waals surface area contributed by atoms with Crippen LogP contribution in [0.5, 0.6) is 0 Å². The van der Waals surface area contributed by atoms with E-state index in [1.54, 1.807) is 17.5 Å². The van der Waals surface area contributed by atoms with Gasteiger partial charge in [0.1, 0.15) is 4.21 Å². The Morgan fingerprint density at radius 3 is 2.71 bits per heavy atom. The minimum Gasteiger partial charge on any atom is -0.325 e. The molecule has 1 N–H and O–H groups in total. The molecule has 0 fully saturated rings. The van der Waals surface area contributed by atoms with Crippen molar-refractivity contribution in [2.24, 2.45) is 0 Å². The van der Waals surface area contributed by atoms with Crippen LogP contribution < -0.4 is 5.32 Å². The van der Waals surface area contributed by atoms with Crippen LogP contribution in [0.25, 0.3) is 0 Å². The third kappa shape index (κ3) is 4.25. The molecule has 1 aromatic heterocycles. The number of nitrogens with one attached hydrogen (secondary N) is 1. The van der Waals surface area contributed by atoms with Crippen LogP contribution in [-0.2, 0) is 14.8 Å². The van der Waals surface area contributed by atoms with Crippen molar-refractivity contribution in [3.8, 4) is 0 Å². The fourth-order valence-corrected chi connectivity index (χ4v) is 4.49. The molecule has 2 aromatic rings. The number of nitrogens with zero attached hydrogens (tertiary/aromatic N) is 1. The summed E-state index contributed by atoms with van der Waals surface area (Å²) in [6.45, 7) is -0.230. The number of carbonyl (C=O) groups excluding carboxylic acids is 1. The molecule has 1 heterocycles. The van der Waals surface area contributed by atoms with E-state index >= 15 is 0 Å². The highest BCUT2D eigenvalue weighted by Gasteiger charge is 2.23. The molecule has 0 spiro atoms. The number of likely N-dealkylation sites (N-methyl/N-ethyl adjacent to an activating group) is 1. The Labute approximate surface area is 141 Å². The van der Waals surface area contributed by atoms with Gasteiger partial charge >= 0.3 is 0 Å². The summed E-state index contributed by atoms with van der Waals surface area (Å²) < 4.78 is 26.6. The maximum atomic E-state index is 12.2. The van der Waals surface area contributed by atoms with Crippen molar-refractivity contribution in [1.29, 1.82) is 0 Å². The Bertz CT molecular complexity index is 730. The number of anilines is 1. The molecule has 112 valence electrons. The molecule has 1 aromatic carbocycles. The summed E-state index contributed by atoms with van der Waals surface area (Å²) in [4.78, 5) is 11.9. The Balaban J connectivity index is 2.03. The molecule has 0 bridgehead atoms. The zero-order chi connectivity index (χ0) is 15.5. The molecule has 0 saturated carbocycles. The highest BCUT2D eigenvalue weighted by atomic mass is 127. The molecule has 8 heteroatoms. The maximum absolute atomic E-state index is 12.2. The van der Waals surface area contributed by atoms with E-state index < -0.39 is 10.0 Å². The first-order chi connectivity index (χ1) is 9.89. The molecule has 2 rings (SSSR count). The van der Waals surface area contributed by atoms with Crippen LogP contribution in [0, 0.1) is 3.57 Å². The van der Waals surface area contributed by atoms with Gasteiger partial charge in [-0.05, 0) is 52.2 Å². The standard InChI is InChI=1S/C13H13IN2O3S2/c1-16(21(18,19)13-6-3-7-20-13)9-12(17)15-11-5-2-4-10(14)8-11/h2-8H,9H2,1H3,(H,15,17). The van der Waals surface area contributed by atoms with Gasteiger partial charge in [-0.15, -0.1) is 11.3 Å². The van der Waals surface area contributed by atoms with Crippen LogP contribution in [0.15, 0.2) is 46.0 Å². The maximum Gasteiger partial charge on any atom is 0.252 e. The Morgan fingerprint density at radius 2 is 2.10 bits per heavy atom. The lowest BCUT2D eigenvalue weighted by Crippen LogP contribution is -2.34. The second-order valence-electron chi connectivity index (χ2n) is 4.25. The van der Waals surface area contributed by atoms with Gasteiger partial charge in [0, 0.05) is 16.3 Å². The van der Waals surface area contributed by atoms with Gasteiger partial charge in [-0.25, -0.2) is 8.42 Å². The highest BCUT2D eigenvalue weighted by molar-refractivity contribution is 14.1. The summed E-state index contributed by atoms with van der Waals surface area (Å²) in [7, 11) is -2.21. The lowest BCUT2D eigenvalue weighted by molar-refractivity contribution is -0.116. The van der Waals surface area contributed by atoms with Crippen LogP contribution in [0.3, 0.4) is 0 Å². The van der Waals surface area contributed by atoms with Gasteiger partial charge in [-0.3, -0.25) is 4.79 Å². The number of rotatable bonds is 5. The molecule has 21 heavy (non-hydrogen) atoms. The van der Waals surface area contributed by atoms with E-state index in [4.69, 9.17) is 0 Å². The molecule has 0 unspecified atom stereocenters. The second kappa shape index (κ2) is 6.86. The largest absolute Gasteiger partial charge is 0.325 e. The summed E-state index contributed by atoms with van der Waals surface area (Å²) in [5, 5.41) is 4.37. The number of hydrogen-bond acceptors (Lipinski definition) is 4. The van der Waals surface area contributed by atoms with Crippen LogP contribution in [0.2, 0.25) is 0 Å². The smallest absolute Gasteiger partial charge is 0.252 e. The number of halogens is 1. The van der Waals surface area contributed by atoms with Crippen LogP contribution >= 0.6 is 33.9 Å². The number of thiophene rings is 1. The molecule has 0 radical (unpaired) electrons. The van der Waals surface area contributed by atoms with Crippen molar-refractivity contribution in [2.45, 2.75) is 4.21 Å². The van der Waals surface area contributed by atoms with E-state index in [9.17, 15) is 13.2 Å². The fraction of sp³-hybridized carbons (Fsp3) is 0.154. The first kappa shape index (κ1) is 16.4. The Kier molecular flexibility index (Phi) is 5.36. The van der Waals surface area contributed by atoms with Crippen LogP contribution in [0.4, 0.5) is 5.69 Å². The lowest BCUT2D eigenvalue weighted by atomic mass is 10.3. The summed E-state index contributed by atoms with van der Waals surface area (Å²) >= 11 is 3.27. The first-order valence-electron chi connectivity index (χ1n) is 5.95. The van der Waals surface area contributed by atoms with Crippen LogP contribution in [-0.4, -0.2) is 32.2 Å². The van der Waals surface area contributed by atoms with E-state index in [-0.39, 0.29) is 16.7 Å². The topological polar surface area (TPSA) is 66.5 Å². The minimum atomic E-state index is -3.60. The molecule has 5 nitrogen and oxygen atoms in total. The van der Waals surface area contributed by atoms with Crippen molar-refractivity contribution in [2.75, 3.05) is 18.9 Å². The third-order valence-electron chi connectivity index (χ3n) is 2.63. The number of amides is 1. The second-order valence-corrected chi connectivity index (χ2v) is 8.72. The molecular formula is C13H13IN2O3S2. The minimum absolute atomic E-state index is 0.229. The van der Waals surface area contributed by atoms with Gasteiger partial charge in [0.2, 0.25) is 5.91 Å². The zero-order valence-electron chi connectivity index (χ0n) is 11.1. The van der Waals surface area contributed by atoms with E-state index in [0.717, 1.165) is 19.2 Å². The Morgan fingerprint density at radius 1 is 1.33 bits per heavy atom. The lowest BCUT2D eigenvalue weighted by Gasteiger charge is -2.15. The Hall–Kier alpha value is -0.970. The molecule has 0 aliphatic rings. The van der Waals surface area contributed by atoms with Gasteiger partial charge in [0.25, 0.3) is 10.0 Å².